The van der Waals surface area contributed by atoms with Gasteiger partial charge in [-0.15, -0.1) is 5.10 Å². The second-order valence-corrected chi connectivity index (χ2v) is 6.57. The van der Waals surface area contributed by atoms with E-state index in [9.17, 15) is 14.7 Å². The molecule has 2 aromatic carbocycles. The van der Waals surface area contributed by atoms with Crippen LogP contribution in [0.15, 0.2) is 65.5 Å². The fraction of sp³-hybridized carbons (Fsp3) is 0.0952. The van der Waals surface area contributed by atoms with Gasteiger partial charge >= 0.3 is 5.97 Å². The zero-order valence-corrected chi connectivity index (χ0v) is 16.8. The topological polar surface area (TPSA) is 144 Å². The van der Waals surface area contributed by atoms with Gasteiger partial charge in [0.1, 0.15) is 17.7 Å². The molecule has 4 aromatic rings. The average Bonchev–Trinajstić information content (AvgIpc) is 3.50. The lowest BCUT2D eigenvalue weighted by molar-refractivity contribution is 0.0600. The molecule has 0 unspecified atom stereocenters. The number of ether oxygens (including phenoxy) is 1. The number of nitrogens with zero attached hydrogens (tertiary/aromatic N) is 4. The molecule has 0 fully saturated rings. The lowest BCUT2D eigenvalue weighted by Crippen LogP contribution is -2.13. The van der Waals surface area contributed by atoms with Crippen molar-refractivity contribution in [1.82, 2.24) is 20.0 Å². The molecule has 0 radical (unpaired) electrons. The quantitative estimate of drug-likeness (QED) is 0.374. The van der Waals surface area contributed by atoms with Crippen LogP contribution < -0.4 is 10.6 Å². The van der Waals surface area contributed by atoms with E-state index in [0.29, 0.717) is 29.6 Å². The molecule has 32 heavy (non-hydrogen) atoms. The first-order chi connectivity index (χ1) is 15.5. The first kappa shape index (κ1) is 20.6. The van der Waals surface area contributed by atoms with E-state index in [0.717, 1.165) is 0 Å². The zero-order valence-electron chi connectivity index (χ0n) is 16.8. The molecule has 0 aliphatic rings. The Bertz CT molecular complexity index is 1250. The van der Waals surface area contributed by atoms with Crippen LogP contribution in [0.5, 0.6) is 5.75 Å². The van der Waals surface area contributed by atoms with Crippen LogP contribution in [0.2, 0.25) is 0 Å². The number of methoxy groups -OCH3 is 1. The highest BCUT2D eigenvalue weighted by Gasteiger charge is 2.15. The van der Waals surface area contributed by atoms with Crippen molar-refractivity contribution < 1.29 is 23.8 Å². The summed E-state index contributed by atoms with van der Waals surface area (Å²) in [5.41, 5.74) is 1.83. The fourth-order valence-corrected chi connectivity index (χ4v) is 2.87. The van der Waals surface area contributed by atoms with E-state index in [1.54, 1.807) is 30.5 Å². The molecule has 2 heterocycles. The van der Waals surface area contributed by atoms with E-state index >= 15 is 0 Å². The lowest BCUT2D eigenvalue weighted by atomic mass is 10.1. The van der Waals surface area contributed by atoms with Crippen molar-refractivity contribution >= 4 is 23.6 Å². The molecule has 1 amide bonds. The summed E-state index contributed by atoms with van der Waals surface area (Å²) in [4.78, 5) is 28.4. The van der Waals surface area contributed by atoms with Crippen LogP contribution in [0.4, 0.5) is 11.7 Å². The predicted molar refractivity (Wildman–Crippen MR) is 113 cm³/mol. The molecule has 11 heteroatoms. The number of esters is 1. The number of phenolic OH excluding ortho intramolecular Hbond substituents is 1. The van der Waals surface area contributed by atoms with Crippen molar-refractivity contribution in [2.75, 3.05) is 17.7 Å². The maximum atomic E-state index is 12.7. The number of aromatic nitrogens is 4. The van der Waals surface area contributed by atoms with Gasteiger partial charge in [0.05, 0.1) is 42.9 Å². The normalized spacial score (nSPS) is 10.5. The number of phenols is 1. The van der Waals surface area contributed by atoms with Crippen molar-refractivity contribution in [3.05, 3.63) is 77.9 Å². The molecule has 0 saturated carbocycles. The Morgan fingerprint density at radius 1 is 1.22 bits per heavy atom. The summed E-state index contributed by atoms with van der Waals surface area (Å²) in [5.74, 6) is -1.29. The van der Waals surface area contributed by atoms with Crippen LogP contribution in [-0.4, -0.2) is 44.1 Å². The molecule has 2 aromatic heterocycles. The first-order valence-corrected chi connectivity index (χ1v) is 9.41. The van der Waals surface area contributed by atoms with Crippen LogP contribution in [0.25, 0.3) is 5.69 Å². The highest BCUT2D eigenvalue weighted by molar-refractivity contribution is 6.07. The summed E-state index contributed by atoms with van der Waals surface area (Å²) in [6.07, 6.45) is 4.64. The number of aromatic hydroxyl groups is 1. The average molecular weight is 434 g/mol. The monoisotopic (exact) mass is 434 g/mol. The maximum Gasteiger partial charge on any atom is 0.337 e. The highest BCUT2D eigenvalue weighted by atomic mass is 16.5. The largest absolute Gasteiger partial charge is 0.507 e. The number of hydrogen-bond donors (Lipinski definition) is 3. The number of oxazole rings is 1. The van der Waals surface area contributed by atoms with Crippen molar-refractivity contribution in [3.63, 3.8) is 0 Å². The van der Waals surface area contributed by atoms with Crippen LogP contribution in [0.3, 0.4) is 0 Å². The second-order valence-electron chi connectivity index (χ2n) is 6.57. The number of amides is 1. The third kappa shape index (κ3) is 4.56. The number of nitrogens with one attached hydrogen (secondary N) is 2. The predicted octanol–water partition coefficient (Wildman–Crippen LogP) is 2.61. The van der Waals surface area contributed by atoms with Crippen LogP contribution >= 0.6 is 0 Å². The molecular weight excluding hydrogens is 416 g/mol. The number of hydrogen-bond acceptors (Lipinski definition) is 9. The van der Waals surface area contributed by atoms with Gasteiger partial charge in [0.2, 0.25) is 0 Å². The summed E-state index contributed by atoms with van der Waals surface area (Å²) in [5, 5.41) is 23.9. The molecule has 0 aliphatic carbocycles. The molecule has 4 rings (SSSR count). The Balaban J connectivity index is 1.50. The molecular formula is C21H18N6O5. The smallest absolute Gasteiger partial charge is 0.337 e. The summed E-state index contributed by atoms with van der Waals surface area (Å²) >= 11 is 0. The Labute approximate surface area is 181 Å². The summed E-state index contributed by atoms with van der Waals surface area (Å²) in [7, 11) is 1.27. The summed E-state index contributed by atoms with van der Waals surface area (Å²) in [6, 6.07) is 11.1. The van der Waals surface area contributed by atoms with Gasteiger partial charge in [-0.25, -0.2) is 14.5 Å². The number of anilines is 2. The van der Waals surface area contributed by atoms with E-state index in [2.05, 4.69) is 30.7 Å². The minimum absolute atomic E-state index is 0.0286. The Morgan fingerprint density at radius 2 is 2.09 bits per heavy atom. The minimum Gasteiger partial charge on any atom is -0.507 e. The van der Waals surface area contributed by atoms with E-state index in [4.69, 9.17) is 4.42 Å². The van der Waals surface area contributed by atoms with E-state index in [-0.39, 0.29) is 16.9 Å². The zero-order chi connectivity index (χ0) is 22.5. The van der Waals surface area contributed by atoms with Crippen molar-refractivity contribution in [3.8, 4) is 11.4 Å². The van der Waals surface area contributed by atoms with E-state index in [1.807, 2.05) is 0 Å². The first-order valence-electron chi connectivity index (χ1n) is 9.41. The van der Waals surface area contributed by atoms with Gasteiger partial charge < -0.3 is 24.9 Å². The van der Waals surface area contributed by atoms with Gasteiger partial charge in [-0.3, -0.25) is 4.79 Å². The van der Waals surface area contributed by atoms with Gasteiger partial charge in [-0.1, -0.05) is 11.3 Å². The van der Waals surface area contributed by atoms with Gasteiger partial charge in [0.15, 0.2) is 0 Å². The molecule has 162 valence electrons. The number of carbonyl (C=O) groups is 2. The van der Waals surface area contributed by atoms with Gasteiger partial charge in [-0.2, -0.15) is 0 Å². The van der Waals surface area contributed by atoms with Crippen LogP contribution in [0, 0.1) is 0 Å². The lowest BCUT2D eigenvalue weighted by Gasteiger charge is -2.09. The van der Waals surface area contributed by atoms with Crippen molar-refractivity contribution in [2.45, 2.75) is 6.54 Å². The molecule has 0 atom stereocenters. The Hall–Kier alpha value is -4.67. The second kappa shape index (κ2) is 9.00. The van der Waals surface area contributed by atoms with E-state index in [1.165, 1.54) is 42.5 Å². The van der Waals surface area contributed by atoms with Gasteiger partial charge in [-0.05, 0) is 36.4 Å². The Morgan fingerprint density at radius 3 is 2.88 bits per heavy atom. The maximum absolute atomic E-state index is 12.7. The van der Waals surface area contributed by atoms with Gasteiger partial charge in [0.25, 0.3) is 11.9 Å². The third-order valence-corrected chi connectivity index (χ3v) is 4.42. The SMILES string of the molecule is COC(=O)c1cccc(NC(=O)c2cc(-n3cc(CNc4ncco4)nn3)ccc2O)c1. The standard InChI is InChI=1S/C21H18N6O5/c1-31-20(30)13-3-2-4-14(9-13)24-19(29)17-10-16(5-6-18(17)28)27-12-15(25-26-27)11-23-21-22-7-8-32-21/h2-10,12,28H,11H2,1H3,(H,22,23)(H,24,29). The number of benzene rings is 2. The molecule has 0 spiro atoms. The summed E-state index contributed by atoms with van der Waals surface area (Å²) < 4.78 is 11.3. The van der Waals surface area contributed by atoms with Crippen molar-refractivity contribution in [1.29, 1.82) is 0 Å². The molecule has 11 nitrogen and oxygen atoms in total. The number of rotatable bonds is 7. The van der Waals surface area contributed by atoms with Gasteiger partial charge in [0, 0.05) is 5.69 Å². The highest BCUT2D eigenvalue weighted by Crippen LogP contribution is 2.22. The Kier molecular flexibility index (Phi) is 5.79. The molecule has 0 saturated heterocycles. The number of carbonyl (C=O) groups excluding carboxylic acids is 2. The fourth-order valence-electron chi connectivity index (χ4n) is 2.87. The summed E-state index contributed by atoms with van der Waals surface area (Å²) in [6.45, 7) is 0.336. The van der Waals surface area contributed by atoms with E-state index < -0.39 is 11.9 Å². The molecule has 3 N–H and O–H groups in total. The minimum atomic E-state index is -0.558. The molecule has 0 bridgehead atoms. The van der Waals surface area contributed by atoms with Crippen molar-refractivity contribution in [2.24, 2.45) is 0 Å². The van der Waals surface area contributed by atoms with Crippen LogP contribution in [0.1, 0.15) is 26.4 Å². The third-order valence-electron chi connectivity index (χ3n) is 4.42. The van der Waals surface area contributed by atoms with Crippen LogP contribution in [-0.2, 0) is 11.3 Å². The molecule has 0 aliphatic heterocycles.